The van der Waals surface area contributed by atoms with Gasteiger partial charge in [-0.15, -0.1) is 11.8 Å². The van der Waals surface area contributed by atoms with E-state index in [0.29, 0.717) is 33.0 Å². The number of amides is 1. The second-order valence-corrected chi connectivity index (χ2v) is 7.40. The summed E-state index contributed by atoms with van der Waals surface area (Å²) >= 11 is 13.4. The summed E-state index contributed by atoms with van der Waals surface area (Å²) in [6, 6.07) is 10.7. The number of methoxy groups -OCH3 is 2. The minimum Gasteiger partial charge on any atom is -0.493 e. The number of hydrogen-bond donors (Lipinski definition) is 1. The van der Waals surface area contributed by atoms with Crippen LogP contribution in [0.4, 0.5) is 5.69 Å². The van der Waals surface area contributed by atoms with Crippen molar-refractivity contribution >= 4 is 46.6 Å². The van der Waals surface area contributed by atoms with E-state index in [1.807, 2.05) is 19.1 Å². The molecule has 0 fully saturated rings. The molecule has 2 aromatic rings. The van der Waals surface area contributed by atoms with E-state index in [2.05, 4.69) is 5.32 Å². The smallest absolute Gasteiger partial charge is 0.237 e. The Morgan fingerprint density at radius 2 is 1.80 bits per heavy atom. The van der Waals surface area contributed by atoms with Crippen molar-refractivity contribution < 1.29 is 14.3 Å². The maximum Gasteiger partial charge on any atom is 0.237 e. The van der Waals surface area contributed by atoms with Crippen LogP contribution in [0.3, 0.4) is 0 Å². The Morgan fingerprint density at radius 3 is 2.44 bits per heavy atom. The molecule has 7 heteroatoms. The first-order valence-corrected chi connectivity index (χ1v) is 9.33. The molecule has 0 bridgehead atoms. The van der Waals surface area contributed by atoms with Crippen molar-refractivity contribution in [1.82, 2.24) is 0 Å². The lowest BCUT2D eigenvalue weighted by atomic mass is 10.2. The van der Waals surface area contributed by atoms with Crippen molar-refractivity contribution in [3.63, 3.8) is 0 Å². The van der Waals surface area contributed by atoms with Gasteiger partial charge in [0.05, 0.1) is 29.5 Å². The third kappa shape index (κ3) is 5.46. The molecule has 0 aromatic heterocycles. The van der Waals surface area contributed by atoms with Gasteiger partial charge in [-0.05, 0) is 36.8 Å². The fraction of sp³-hybridized carbons (Fsp3) is 0.278. The molecule has 134 valence electrons. The van der Waals surface area contributed by atoms with Gasteiger partial charge in [0, 0.05) is 17.5 Å². The highest BCUT2D eigenvalue weighted by molar-refractivity contribution is 7.99. The van der Waals surface area contributed by atoms with E-state index in [4.69, 9.17) is 32.7 Å². The summed E-state index contributed by atoms with van der Waals surface area (Å²) in [4.78, 5) is 12.4. The first-order valence-electron chi connectivity index (χ1n) is 7.53. The first kappa shape index (κ1) is 19.8. The molecule has 0 heterocycles. The fourth-order valence-electron chi connectivity index (χ4n) is 2.08. The molecule has 0 radical (unpaired) electrons. The van der Waals surface area contributed by atoms with Crippen molar-refractivity contribution in [3.8, 4) is 11.5 Å². The van der Waals surface area contributed by atoms with Gasteiger partial charge in [-0.25, -0.2) is 0 Å². The highest BCUT2D eigenvalue weighted by Gasteiger charge is 2.15. The van der Waals surface area contributed by atoms with E-state index < -0.39 is 0 Å². The largest absolute Gasteiger partial charge is 0.493 e. The molecule has 0 saturated carbocycles. The zero-order valence-electron chi connectivity index (χ0n) is 14.1. The van der Waals surface area contributed by atoms with E-state index in [0.717, 1.165) is 5.56 Å². The number of carbonyl (C=O) groups is 1. The summed E-state index contributed by atoms with van der Waals surface area (Å²) in [7, 11) is 3.12. The summed E-state index contributed by atoms with van der Waals surface area (Å²) in [5.41, 5.74) is 1.68. The zero-order chi connectivity index (χ0) is 18.4. The Morgan fingerprint density at radius 1 is 1.08 bits per heavy atom. The molecule has 25 heavy (non-hydrogen) atoms. The highest BCUT2D eigenvalue weighted by atomic mass is 35.5. The normalized spacial score (nSPS) is 11.7. The zero-order valence-corrected chi connectivity index (χ0v) is 16.5. The third-order valence-electron chi connectivity index (χ3n) is 3.50. The average Bonchev–Trinajstić information content (AvgIpc) is 2.62. The lowest BCUT2D eigenvalue weighted by molar-refractivity contribution is -0.115. The second kappa shape index (κ2) is 9.22. The van der Waals surface area contributed by atoms with Gasteiger partial charge in [0.15, 0.2) is 11.5 Å². The lowest BCUT2D eigenvalue weighted by Gasteiger charge is -2.14. The Labute approximate surface area is 161 Å². The van der Waals surface area contributed by atoms with E-state index in [9.17, 15) is 4.79 Å². The van der Waals surface area contributed by atoms with Gasteiger partial charge in [-0.2, -0.15) is 0 Å². The summed E-state index contributed by atoms with van der Waals surface area (Å²) in [5.74, 6) is 1.76. The summed E-state index contributed by atoms with van der Waals surface area (Å²) in [6.07, 6.45) is 0. The van der Waals surface area contributed by atoms with Gasteiger partial charge in [-0.1, -0.05) is 29.3 Å². The number of nitrogens with one attached hydrogen (secondary N) is 1. The van der Waals surface area contributed by atoms with Crippen molar-refractivity contribution in [1.29, 1.82) is 0 Å². The number of ether oxygens (including phenoxy) is 2. The van der Waals surface area contributed by atoms with Gasteiger partial charge < -0.3 is 14.8 Å². The lowest BCUT2D eigenvalue weighted by Crippen LogP contribution is -2.22. The van der Waals surface area contributed by atoms with Crippen molar-refractivity contribution in [2.24, 2.45) is 0 Å². The number of rotatable bonds is 7. The molecule has 4 nitrogen and oxygen atoms in total. The molecule has 0 spiro atoms. The summed E-state index contributed by atoms with van der Waals surface area (Å²) in [6.45, 7) is 1.86. The maximum absolute atomic E-state index is 12.4. The van der Waals surface area contributed by atoms with Crippen LogP contribution in [-0.2, 0) is 10.5 Å². The first-order chi connectivity index (χ1) is 11.9. The van der Waals surface area contributed by atoms with Gasteiger partial charge in [0.1, 0.15) is 0 Å². The molecule has 1 N–H and O–H groups in total. The molecule has 0 aliphatic heterocycles. The molecule has 1 atom stereocenters. The SMILES string of the molecule is COc1ccc(NC(=O)[C@@H](C)SCc2ccc(Cl)c(Cl)c2)cc1OC. The van der Waals surface area contributed by atoms with Gasteiger partial charge >= 0.3 is 0 Å². The Balaban J connectivity index is 1.94. The molecular weight excluding hydrogens is 381 g/mol. The number of carbonyl (C=O) groups excluding carboxylic acids is 1. The van der Waals surface area contributed by atoms with E-state index in [-0.39, 0.29) is 11.2 Å². The number of thioether (sulfide) groups is 1. The standard InChI is InChI=1S/C18H19Cl2NO3S/c1-11(25-10-12-4-6-14(19)15(20)8-12)18(22)21-13-5-7-16(23-2)17(9-13)24-3/h4-9,11H,10H2,1-3H3,(H,21,22)/t11-/m1/s1. The number of anilines is 1. The monoisotopic (exact) mass is 399 g/mol. The molecule has 0 aliphatic carbocycles. The van der Waals surface area contributed by atoms with Crippen LogP contribution >= 0.6 is 35.0 Å². The van der Waals surface area contributed by atoms with Crippen LogP contribution in [0.2, 0.25) is 10.0 Å². The molecular formula is C18H19Cl2NO3S. The van der Waals surface area contributed by atoms with Crippen molar-refractivity contribution in [2.75, 3.05) is 19.5 Å². The quantitative estimate of drug-likeness (QED) is 0.688. The molecule has 0 saturated heterocycles. The van der Waals surface area contributed by atoms with Crippen LogP contribution in [0.5, 0.6) is 11.5 Å². The molecule has 0 unspecified atom stereocenters. The van der Waals surface area contributed by atoms with Gasteiger partial charge in [-0.3, -0.25) is 4.79 Å². The average molecular weight is 400 g/mol. The van der Waals surface area contributed by atoms with Crippen molar-refractivity contribution in [3.05, 3.63) is 52.0 Å². The van der Waals surface area contributed by atoms with Crippen molar-refractivity contribution in [2.45, 2.75) is 17.9 Å². The molecule has 0 aliphatic rings. The van der Waals surface area contributed by atoms with Crippen LogP contribution in [0.15, 0.2) is 36.4 Å². The minimum absolute atomic E-state index is 0.0859. The second-order valence-electron chi connectivity index (χ2n) is 5.26. The molecule has 2 aromatic carbocycles. The van der Waals surface area contributed by atoms with Gasteiger partial charge in [0.25, 0.3) is 0 Å². The fourth-order valence-corrected chi connectivity index (χ4v) is 3.24. The van der Waals surface area contributed by atoms with Crippen LogP contribution in [0, 0.1) is 0 Å². The summed E-state index contributed by atoms with van der Waals surface area (Å²) < 4.78 is 10.4. The van der Waals surface area contributed by atoms with E-state index in [1.165, 1.54) is 11.8 Å². The highest BCUT2D eigenvalue weighted by Crippen LogP contribution is 2.30. The van der Waals surface area contributed by atoms with Crippen LogP contribution in [-0.4, -0.2) is 25.4 Å². The Kier molecular flexibility index (Phi) is 7.29. The third-order valence-corrected chi connectivity index (χ3v) is 5.46. The predicted octanol–water partition coefficient (Wildman–Crippen LogP) is 5.27. The Hall–Kier alpha value is -1.56. The van der Waals surface area contributed by atoms with Gasteiger partial charge in [0.2, 0.25) is 5.91 Å². The predicted molar refractivity (Wildman–Crippen MR) is 105 cm³/mol. The maximum atomic E-state index is 12.4. The number of halogens is 2. The van der Waals surface area contributed by atoms with Crippen LogP contribution < -0.4 is 14.8 Å². The van der Waals surface area contributed by atoms with E-state index >= 15 is 0 Å². The van der Waals surface area contributed by atoms with E-state index in [1.54, 1.807) is 38.5 Å². The Bertz CT molecular complexity index is 755. The number of benzene rings is 2. The number of hydrogen-bond acceptors (Lipinski definition) is 4. The molecule has 1 amide bonds. The topological polar surface area (TPSA) is 47.6 Å². The van der Waals surface area contributed by atoms with Crippen LogP contribution in [0.1, 0.15) is 12.5 Å². The molecule has 2 rings (SSSR count). The minimum atomic E-state index is -0.234. The summed E-state index contributed by atoms with van der Waals surface area (Å²) in [5, 5.41) is 3.69. The van der Waals surface area contributed by atoms with Crippen LogP contribution in [0.25, 0.3) is 0 Å².